The Bertz CT molecular complexity index is 452. The first-order valence-electron chi connectivity index (χ1n) is 6.04. The fraction of sp³-hybridized carbons (Fsp3) is 0.636. The summed E-state index contributed by atoms with van der Waals surface area (Å²) in [5, 5.41) is 11.1. The van der Waals surface area contributed by atoms with E-state index in [2.05, 4.69) is 39.4 Å². The van der Waals surface area contributed by atoms with Crippen molar-refractivity contribution in [2.75, 3.05) is 20.1 Å². The zero-order valence-corrected chi connectivity index (χ0v) is 11.6. The summed E-state index contributed by atoms with van der Waals surface area (Å²) in [4.78, 5) is 7.99. The van der Waals surface area contributed by atoms with Gasteiger partial charge in [0.2, 0.25) is 0 Å². The summed E-state index contributed by atoms with van der Waals surface area (Å²) >= 11 is 1.74. The van der Waals surface area contributed by atoms with Crippen LogP contribution >= 0.6 is 11.3 Å². The Balaban J connectivity index is 1.63. The maximum Gasteiger partial charge on any atom is 0.138 e. The SMILES string of the molecule is Cc1ncsc1CCN(C)CCCn1cnnn1. The first kappa shape index (κ1) is 13.1. The number of hydrogen-bond acceptors (Lipinski definition) is 6. The van der Waals surface area contributed by atoms with Crippen molar-refractivity contribution < 1.29 is 0 Å². The highest BCUT2D eigenvalue weighted by Crippen LogP contribution is 2.12. The Labute approximate surface area is 111 Å². The average Bonchev–Trinajstić information content (AvgIpc) is 2.98. The number of nitrogens with zero attached hydrogens (tertiary/aromatic N) is 6. The second-order valence-corrected chi connectivity index (χ2v) is 5.28. The lowest BCUT2D eigenvalue weighted by Gasteiger charge is -2.15. The normalized spacial score (nSPS) is 11.3. The molecular weight excluding hydrogens is 248 g/mol. The largest absolute Gasteiger partial charge is 0.306 e. The summed E-state index contributed by atoms with van der Waals surface area (Å²) in [7, 11) is 2.15. The highest BCUT2D eigenvalue weighted by molar-refractivity contribution is 7.09. The van der Waals surface area contributed by atoms with Gasteiger partial charge in [-0.1, -0.05) is 0 Å². The Morgan fingerprint density at radius 2 is 2.28 bits per heavy atom. The van der Waals surface area contributed by atoms with Crippen LogP contribution in [0.15, 0.2) is 11.8 Å². The molecule has 0 aliphatic rings. The summed E-state index contributed by atoms with van der Waals surface area (Å²) in [5.74, 6) is 0. The molecule has 2 aromatic heterocycles. The maximum absolute atomic E-state index is 4.26. The lowest BCUT2D eigenvalue weighted by Crippen LogP contribution is -2.23. The summed E-state index contributed by atoms with van der Waals surface area (Å²) in [6.45, 7) is 5.07. The van der Waals surface area contributed by atoms with Crippen molar-refractivity contribution in [3.05, 3.63) is 22.4 Å². The van der Waals surface area contributed by atoms with Gasteiger partial charge < -0.3 is 4.90 Å². The zero-order valence-electron chi connectivity index (χ0n) is 10.8. The first-order chi connectivity index (χ1) is 8.75. The molecule has 0 bridgehead atoms. The van der Waals surface area contributed by atoms with Crippen molar-refractivity contribution in [3.63, 3.8) is 0 Å². The lowest BCUT2D eigenvalue weighted by molar-refractivity contribution is 0.322. The Hall–Kier alpha value is -1.34. The van der Waals surface area contributed by atoms with Gasteiger partial charge in [0, 0.05) is 18.0 Å². The van der Waals surface area contributed by atoms with Crippen LogP contribution in [-0.4, -0.2) is 50.2 Å². The molecule has 0 radical (unpaired) electrons. The van der Waals surface area contributed by atoms with E-state index in [1.807, 2.05) is 5.51 Å². The highest BCUT2D eigenvalue weighted by atomic mass is 32.1. The zero-order chi connectivity index (χ0) is 12.8. The van der Waals surface area contributed by atoms with E-state index in [1.165, 1.54) is 10.6 Å². The number of aromatic nitrogens is 5. The molecule has 2 rings (SSSR count). The first-order valence-corrected chi connectivity index (χ1v) is 6.92. The predicted octanol–water partition coefficient (Wildman–Crippen LogP) is 1.00. The molecule has 18 heavy (non-hydrogen) atoms. The summed E-state index contributed by atoms with van der Waals surface area (Å²) < 4.78 is 1.77. The molecule has 98 valence electrons. The molecule has 0 N–H and O–H groups in total. The molecule has 0 atom stereocenters. The Morgan fingerprint density at radius 3 is 2.94 bits per heavy atom. The molecule has 0 amide bonds. The third-order valence-corrected chi connectivity index (χ3v) is 3.88. The second-order valence-electron chi connectivity index (χ2n) is 4.34. The van der Waals surface area contributed by atoms with E-state index in [9.17, 15) is 0 Å². The van der Waals surface area contributed by atoms with Gasteiger partial charge in [-0.3, -0.25) is 0 Å². The average molecular weight is 266 g/mol. The molecule has 0 aromatic carbocycles. The quantitative estimate of drug-likeness (QED) is 0.748. The fourth-order valence-corrected chi connectivity index (χ4v) is 2.53. The van der Waals surface area contributed by atoms with Gasteiger partial charge in [-0.15, -0.1) is 16.4 Å². The van der Waals surface area contributed by atoms with E-state index < -0.39 is 0 Å². The monoisotopic (exact) mass is 266 g/mol. The molecule has 0 saturated heterocycles. The van der Waals surface area contributed by atoms with Crippen molar-refractivity contribution in [1.82, 2.24) is 30.1 Å². The molecule has 2 heterocycles. The minimum absolute atomic E-state index is 0.872. The van der Waals surface area contributed by atoms with E-state index in [1.54, 1.807) is 22.3 Å². The number of rotatable bonds is 7. The van der Waals surface area contributed by atoms with Crippen LogP contribution in [0, 0.1) is 6.92 Å². The van der Waals surface area contributed by atoms with Crippen LogP contribution in [0.3, 0.4) is 0 Å². The van der Waals surface area contributed by atoms with Crippen LogP contribution in [0.4, 0.5) is 0 Å². The van der Waals surface area contributed by atoms with E-state index in [4.69, 9.17) is 0 Å². The lowest BCUT2D eigenvalue weighted by atomic mass is 10.3. The third-order valence-electron chi connectivity index (χ3n) is 2.88. The minimum Gasteiger partial charge on any atom is -0.306 e. The molecule has 0 aliphatic carbocycles. The Morgan fingerprint density at radius 1 is 1.39 bits per heavy atom. The van der Waals surface area contributed by atoms with Crippen LogP contribution in [0.25, 0.3) is 0 Å². The number of aryl methyl sites for hydroxylation is 2. The topological polar surface area (TPSA) is 59.7 Å². The van der Waals surface area contributed by atoms with Gasteiger partial charge in [-0.2, -0.15) is 0 Å². The number of hydrogen-bond donors (Lipinski definition) is 0. The molecular formula is C11H18N6S. The predicted molar refractivity (Wildman–Crippen MR) is 70.5 cm³/mol. The summed E-state index contributed by atoms with van der Waals surface area (Å²) in [6.07, 6.45) is 3.79. The van der Waals surface area contributed by atoms with Crippen LogP contribution in [0.1, 0.15) is 17.0 Å². The van der Waals surface area contributed by atoms with Gasteiger partial charge in [0.05, 0.1) is 11.2 Å². The molecule has 7 heteroatoms. The molecule has 6 nitrogen and oxygen atoms in total. The van der Waals surface area contributed by atoms with Crippen molar-refractivity contribution in [2.45, 2.75) is 26.3 Å². The van der Waals surface area contributed by atoms with Gasteiger partial charge in [-0.25, -0.2) is 9.67 Å². The fourth-order valence-electron chi connectivity index (χ4n) is 1.76. The van der Waals surface area contributed by atoms with Crippen molar-refractivity contribution in [2.24, 2.45) is 0 Å². The maximum atomic E-state index is 4.26. The third kappa shape index (κ3) is 3.85. The molecule has 0 unspecified atom stereocenters. The molecule has 0 saturated carbocycles. The summed E-state index contributed by atoms with van der Waals surface area (Å²) in [5.41, 5.74) is 3.09. The van der Waals surface area contributed by atoms with E-state index >= 15 is 0 Å². The van der Waals surface area contributed by atoms with Crippen molar-refractivity contribution in [1.29, 1.82) is 0 Å². The van der Waals surface area contributed by atoms with Crippen molar-refractivity contribution >= 4 is 11.3 Å². The van der Waals surface area contributed by atoms with Gasteiger partial charge in [-0.05, 0) is 43.8 Å². The molecule has 0 spiro atoms. The Kier molecular flexibility index (Phi) is 4.77. The van der Waals surface area contributed by atoms with Gasteiger partial charge in [0.15, 0.2) is 0 Å². The second kappa shape index (κ2) is 6.55. The van der Waals surface area contributed by atoms with Gasteiger partial charge >= 0.3 is 0 Å². The smallest absolute Gasteiger partial charge is 0.138 e. The molecule has 0 aliphatic heterocycles. The van der Waals surface area contributed by atoms with Crippen LogP contribution in [-0.2, 0) is 13.0 Å². The summed E-state index contributed by atoms with van der Waals surface area (Å²) in [6, 6.07) is 0. The van der Waals surface area contributed by atoms with E-state index in [0.29, 0.717) is 0 Å². The van der Waals surface area contributed by atoms with Crippen LogP contribution in [0.5, 0.6) is 0 Å². The van der Waals surface area contributed by atoms with E-state index in [-0.39, 0.29) is 0 Å². The number of tetrazole rings is 1. The molecule has 0 fully saturated rings. The van der Waals surface area contributed by atoms with E-state index in [0.717, 1.165) is 32.5 Å². The van der Waals surface area contributed by atoms with Gasteiger partial charge in [0.1, 0.15) is 6.33 Å². The van der Waals surface area contributed by atoms with Crippen molar-refractivity contribution in [3.8, 4) is 0 Å². The number of likely N-dealkylation sites (N-methyl/N-ethyl adjacent to an activating group) is 1. The van der Waals surface area contributed by atoms with Crippen LogP contribution < -0.4 is 0 Å². The van der Waals surface area contributed by atoms with Crippen LogP contribution in [0.2, 0.25) is 0 Å². The molecule has 2 aromatic rings. The van der Waals surface area contributed by atoms with Gasteiger partial charge in [0.25, 0.3) is 0 Å². The highest BCUT2D eigenvalue weighted by Gasteiger charge is 2.04. The number of thiazole rings is 1. The standard InChI is InChI=1S/C11H18N6S/c1-10-11(18-9-12-10)4-7-16(2)5-3-6-17-8-13-14-15-17/h8-9H,3-7H2,1-2H3. The minimum atomic E-state index is 0.872.